The van der Waals surface area contributed by atoms with Crippen LogP contribution in [0.3, 0.4) is 0 Å². The van der Waals surface area contributed by atoms with E-state index in [-0.39, 0.29) is 12.1 Å². The third kappa shape index (κ3) is 6.62. The lowest BCUT2D eigenvalue weighted by Crippen LogP contribution is -2.43. The van der Waals surface area contributed by atoms with Crippen LogP contribution < -0.4 is 10.2 Å². The molecule has 140 valence electrons. The van der Waals surface area contributed by atoms with E-state index in [0.29, 0.717) is 24.5 Å². The predicted molar refractivity (Wildman–Crippen MR) is 101 cm³/mol. The number of likely N-dealkylation sites (N-methyl/N-ethyl adjacent to an activating group) is 1. The third-order valence-electron chi connectivity index (χ3n) is 3.72. The molecular formula is C18H30N4O3. The van der Waals surface area contributed by atoms with Gasteiger partial charge in [0.2, 0.25) is 0 Å². The average molecular weight is 350 g/mol. The zero-order chi connectivity index (χ0) is 19.0. The van der Waals surface area contributed by atoms with E-state index in [1.165, 1.54) is 4.90 Å². The monoisotopic (exact) mass is 350 g/mol. The molecule has 0 spiro atoms. The van der Waals surface area contributed by atoms with Crippen molar-refractivity contribution in [3.8, 4) is 0 Å². The quantitative estimate of drug-likeness (QED) is 0.821. The number of nitrogens with zero attached hydrogens (tertiary/aromatic N) is 3. The van der Waals surface area contributed by atoms with Gasteiger partial charge >= 0.3 is 12.1 Å². The molecule has 1 aromatic carbocycles. The van der Waals surface area contributed by atoms with Gasteiger partial charge in [0.1, 0.15) is 0 Å². The van der Waals surface area contributed by atoms with Crippen molar-refractivity contribution in [1.29, 1.82) is 0 Å². The minimum atomic E-state index is -0.408. The Morgan fingerprint density at radius 1 is 1.08 bits per heavy atom. The van der Waals surface area contributed by atoms with Crippen LogP contribution in [0.4, 0.5) is 21.0 Å². The number of hydrogen-bond donors (Lipinski definition) is 1. The van der Waals surface area contributed by atoms with Crippen LogP contribution >= 0.6 is 0 Å². The first-order valence-corrected chi connectivity index (χ1v) is 8.49. The smallest absolute Gasteiger partial charge is 0.413 e. The number of amides is 3. The molecule has 0 atom stereocenters. The van der Waals surface area contributed by atoms with Gasteiger partial charge in [-0.2, -0.15) is 0 Å². The Hall–Kier alpha value is -2.28. The summed E-state index contributed by atoms with van der Waals surface area (Å²) in [4.78, 5) is 29.5. The lowest BCUT2D eigenvalue weighted by atomic mass is 10.2. The molecule has 0 aliphatic carbocycles. The van der Waals surface area contributed by atoms with Crippen LogP contribution in [0.15, 0.2) is 24.3 Å². The van der Waals surface area contributed by atoms with Crippen molar-refractivity contribution < 1.29 is 14.3 Å². The Bertz CT molecular complexity index is 558. The van der Waals surface area contributed by atoms with Crippen LogP contribution in [0, 0.1) is 0 Å². The molecule has 0 aliphatic heterocycles. The Kier molecular flexibility index (Phi) is 8.21. The largest absolute Gasteiger partial charge is 0.449 e. The molecule has 0 heterocycles. The van der Waals surface area contributed by atoms with E-state index in [1.54, 1.807) is 43.1 Å². The molecule has 3 amide bonds. The van der Waals surface area contributed by atoms with Crippen molar-refractivity contribution in [2.45, 2.75) is 26.8 Å². The number of urea groups is 1. The Labute approximate surface area is 150 Å². The SMILES string of the molecule is CCOC(=O)N(C)c1ccc(NC(=O)N(CCN(C)C)C(C)C)cc1. The normalized spacial score (nSPS) is 10.7. The molecule has 0 aliphatic rings. The third-order valence-corrected chi connectivity index (χ3v) is 3.72. The highest BCUT2D eigenvalue weighted by atomic mass is 16.6. The minimum Gasteiger partial charge on any atom is -0.449 e. The fourth-order valence-corrected chi connectivity index (χ4v) is 2.19. The van der Waals surface area contributed by atoms with E-state index in [9.17, 15) is 9.59 Å². The van der Waals surface area contributed by atoms with Crippen LogP contribution in [-0.2, 0) is 4.74 Å². The summed E-state index contributed by atoms with van der Waals surface area (Å²) >= 11 is 0. The maximum absolute atomic E-state index is 12.5. The number of rotatable bonds is 7. The first-order chi connectivity index (χ1) is 11.8. The molecule has 0 unspecified atom stereocenters. The summed E-state index contributed by atoms with van der Waals surface area (Å²) in [6.45, 7) is 7.53. The van der Waals surface area contributed by atoms with Crippen molar-refractivity contribution in [1.82, 2.24) is 9.80 Å². The maximum Gasteiger partial charge on any atom is 0.413 e. The van der Waals surface area contributed by atoms with Gasteiger partial charge in [0.15, 0.2) is 0 Å². The van der Waals surface area contributed by atoms with Gasteiger partial charge in [-0.25, -0.2) is 9.59 Å². The van der Waals surface area contributed by atoms with E-state index in [4.69, 9.17) is 4.74 Å². The van der Waals surface area contributed by atoms with Gasteiger partial charge in [-0.15, -0.1) is 0 Å². The average Bonchev–Trinajstić information content (AvgIpc) is 2.54. The van der Waals surface area contributed by atoms with Crippen molar-refractivity contribution in [2.75, 3.05) is 51.1 Å². The highest BCUT2D eigenvalue weighted by Gasteiger charge is 2.17. The zero-order valence-corrected chi connectivity index (χ0v) is 16.1. The number of hydrogen-bond acceptors (Lipinski definition) is 4. The molecule has 0 radical (unpaired) electrons. The van der Waals surface area contributed by atoms with Crippen LogP contribution in [0.1, 0.15) is 20.8 Å². The van der Waals surface area contributed by atoms with E-state index in [0.717, 1.165) is 6.54 Å². The lowest BCUT2D eigenvalue weighted by molar-refractivity contribution is 0.161. The first-order valence-electron chi connectivity index (χ1n) is 8.49. The summed E-state index contributed by atoms with van der Waals surface area (Å²) in [5.41, 5.74) is 1.38. The van der Waals surface area contributed by atoms with E-state index < -0.39 is 6.09 Å². The van der Waals surface area contributed by atoms with Gasteiger partial charge in [0, 0.05) is 37.6 Å². The van der Waals surface area contributed by atoms with E-state index >= 15 is 0 Å². The zero-order valence-electron chi connectivity index (χ0n) is 16.1. The highest BCUT2D eigenvalue weighted by Crippen LogP contribution is 2.18. The van der Waals surface area contributed by atoms with Crippen LogP contribution in [0.2, 0.25) is 0 Å². The van der Waals surface area contributed by atoms with Gasteiger partial charge in [-0.1, -0.05) is 0 Å². The number of anilines is 2. The second-order valence-corrected chi connectivity index (χ2v) is 6.33. The molecule has 1 rings (SSSR count). The summed E-state index contributed by atoms with van der Waals surface area (Å²) < 4.78 is 4.96. The lowest BCUT2D eigenvalue weighted by Gasteiger charge is -2.28. The van der Waals surface area contributed by atoms with Crippen molar-refractivity contribution >= 4 is 23.5 Å². The van der Waals surface area contributed by atoms with Crippen LogP contribution in [0.25, 0.3) is 0 Å². The topological polar surface area (TPSA) is 65.1 Å². The molecule has 0 saturated carbocycles. The summed E-state index contributed by atoms with van der Waals surface area (Å²) in [6.07, 6.45) is -0.408. The molecule has 0 saturated heterocycles. The molecule has 1 N–H and O–H groups in total. The summed E-state index contributed by atoms with van der Waals surface area (Å²) in [5, 5.41) is 2.90. The number of carbonyl (C=O) groups excluding carboxylic acids is 2. The fraction of sp³-hybridized carbons (Fsp3) is 0.556. The second kappa shape index (κ2) is 9.88. The van der Waals surface area contributed by atoms with Gasteiger partial charge in [-0.05, 0) is 59.1 Å². The highest BCUT2D eigenvalue weighted by molar-refractivity contribution is 5.91. The number of nitrogens with one attached hydrogen (secondary N) is 1. The second-order valence-electron chi connectivity index (χ2n) is 6.33. The molecule has 0 aromatic heterocycles. The molecule has 1 aromatic rings. The van der Waals surface area contributed by atoms with Crippen molar-refractivity contribution in [2.24, 2.45) is 0 Å². The molecule has 7 nitrogen and oxygen atoms in total. The molecule has 0 bridgehead atoms. The summed E-state index contributed by atoms with van der Waals surface area (Å²) in [6, 6.07) is 7.05. The Morgan fingerprint density at radius 2 is 1.68 bits per heavy atom. The summed E-state index contributed by atoms with van der Waals surface area (Å²) in [5.74, 6) is 0. The number of ether oxygens (including phenoxy) is 1. The van der Waals surface area contributed by atoms with Crippen molar-refractivity contribution in [3.05, 3.63) is 24.3 Å². The Morgan fingerprint density at radius 3 is 2.16 bits per heavy atom. The first kappa shape index (κ1) is 20.8. The molecule has 0 fully saturated rings. The number of carbonyl (C=O) groups is 2. The predicted octanol–water partition coefficient (Wildman–Crippen LogP) is 3.08. The van der Waals surface area contributed by atoms with E-state index in [1.807, 2.05) is 32.8 Å². The molecular weight excluding hydrogens is 320 g/mol. The van der Waals surface area contributed by atoms with Crippen molar-refractivity contribution in [3.63, 3.8) is 0 Å². The minimum absolute atomic E-state index is 0.106. The Balaban J connectivity index is 2.72. The van der Waals surface area contributed by atoms with Gasteiger partial charge in [-0.3, -0.25) is 4.90 Å². The standard InChI is InChI=1S/C18H30N4O3/c1-7-25-18(24)21(6)16-10-8-15(9-11-16)19-17(23)22(14(2)3)13-12-20(4)5/h8-11,14H,7,12-13H2,1-6H3,(H,19,23). The van der Waals surface area contributed by atoms with Crippen LogP contribution in [-0.4, -0.2) is 68.8 Å². The van der Waals surface area contributed by atoms with Crippen LogP contribution in [0.5, 0.6) is 0 Å². The fourth-order valence-electron chi connectivity index (χ4n) is 2.19. The van der Waals surface area contributed by atoms with E-state index in [2.05, 4.69) is 5.32 Å². The molecule has 25 heavy (non-hydrogen) atoms. The number of benzene rings is 1. The van der Waals surface area contributed by atoms with Gasteiger partial charge < -0.3 is 19.9 Å². The van der Waals surface area contributed by atoms with Gasteiger partial charge in [0.05, 0.1) is 6.61 Å². The summed E-state index contributed by atoms with van der Waals surface area (Å²) in [7, 11) is 5.61. The molecule has 7 heteroatoms. The maximum atomic E-state index is 12.5. The van der Waals surface area contributed by atoms with Gasteiger partial charge in [0.25, 0.3) is 0 Å².